The average molecular weight is 424 g/mol. The number of nitrogens with one attached hydrogen (secondary N) is 1. The minimum atomic E-state index is -0.199. The SMILES string of the molecule is CC(C)N1C(=O)c2[nH]nc(-c3ccccc3)c2C1c1ccc(OCc2ccccc2)cc1. The van der Waals surface area contributed by atoms with Crippen LogP contribution in [-0.4, -0.2) is 27.0 Å². The van der Waals surface area contributed by atoms with Crippen molar-refractivity contribution in [1.29, 1.82) is 0 Å². The van der Waals surface area contributed by atoms with Crippen LogP contribution in [0.25, 0.3) is 11.3 Å². The van der Waals surface area contributed by atoms with E-state index in [1.807, 2.05) is 104 Å². The van der Waals surface area contributed by atoms with Gasteiger partial charge in [0.1, 0.15) is 18.1 Å². The van der Waals surface area contributed by atoms with Gasteiger partial charge in [0.15, 0.2) is 0 Å². The number of amides is 1. The van der Waals surface area contributed by atoms with E-state index >= 15 is 0 Å². The molecule has 2 heterocycles. The minimum Gasteiger partial charge on any atom is -0.489 e. The zero-order chi connectivity index (χ0) is 22.1. The molecular weight excluding hydrogens is 398 g/mol. The summed E-state index contributed by atoms with van der Waals surface area (Å²) in [5.41, 5.74) is 5.50. The van der Waals surface area contributed by atoms with E-state index in [0.717, 1.165) is 33.7 Å². The van der Waals surface area contributed by atoms with Gasteiger partial charge in [-0.1, -0.05) is 72.8 Å². The highest BCUT2D eigenvalue weighted by molar-refractivity contribution is 6.00. The molecule has 1 aliphatic heterocycles. The molecular formula is C27H25N3O2. The van der Waals surface area contributed by atoms with Crippen LogP contribution >= 0.6 is 0 Å². The maximum Gasteiger partial charge on any atom is 0.273 e. The molecule has 0 fully saturated rings. The van der Waals surface area contributed by atoms with Gasteiger partial charge in [-0.25, -0.2) is 0 Å². The number of aromatic nitrogens is 2. The van der Waals surface area contributed by atoms with E-state index < -0.39 is 0 Å². The molecule has 0 saturated carbocycles. The van der Waals surface area contributed by atoms with Crippen molar-refractivity contribution in [3.05, 3.63) is 107 Å². The zero-order valence-corrected chi connectivity index (χ0v) is 18.2. The first-order chi connectivity index (χ1) is 15.6. The lowest BCUT2D eigenvalue weighted by molar-refractivity contribution is 0.0688. The van der Waals surface area contributed by atoms with Crippen LogP contribution in [0.4, 0.5) is 0 Å². The van der Waals surface area contributed by atoms with Gasteiger partial charge in [-0.3, -0.25) is 9.89 Å². The Morgan fingerprint density at radius 3 is 2.25 bits per heavy atom. The third kappa shape index (κ3) is 3.56. The molecule has 0 bridgehead atoms. The summed E-state index contributed by atoms with van der Waals surface area (Å²) in [6.45, 7) is 4.61. The van der Waals surface area contributed by atoms with E-state index in [9.17, 15) is 4.79 Å². The number of aromatic amines is 1. The Labute approximate surface area is 187 Å². The molecule has 1 aliphatic rings. The minimum absolute atomic E-state index is 0.0147. The van der Waals surface area contributed by atoms with E-state index in [2.05, 4.69) is 10.2 Å². The lowest BCUT2D eigenvalue weighted by Gasteiger charge is -2.30. The van der Waals surface area contributed by atoms with Crippen LogP contribution in [0.5, 0.6) is 5.75 Å². The summed E-state index contributed by atoms with van der Waals surface area (Å²) < 4.78 is 5.95. The third-order valence-corrected chi connectivity index (χ3v) is 5.85. The Kier molecular flexibility index (Phi) is 5.23. The first-order valence-corrected chi connectivity index (χ1v) is 10.9. The second kappa shape index (κ2) is 8.35. The van der Waals surface area contributed by atoms with E-state index in [4.69, 9.17) is 4.74 Å². The summed E-state index contributed by atoms with van der Waals surface area (Å²) in [7, 11) is 0. The second-order valence-electron chi connectivity index (χ2n) is 8.28. The van der Waals surface area contributed by atoms with Gasteiger partial charge in [0.25, 0.3) is 5.91 Å². The van der Waals surface area contributed by atoms with Gasteiger partial charge in [0.05, 0.1) is 11.7 Å². The topological polar surface area (TPSA) is 58.2 Å². The molecule has 0 radical (unpaired) electrons. The first kappa shape index (κ1) is 20.1. The zero-order valence-electron chi connectivity index (χ0n) is 18.2. The predicted molar refractivity (Wildman–Crippen MR) is 124 cm³/mol. The summed E-state index contributed by atoms with van der Waals surface area (Å²) in [5, 5.41) is 7.51. The van der Waals surface area contributed by atoms with Crippen molar-refractivity contribution in [2.75, 3.05) is 0 Å². The Morgan fingerprint density at radius 2 is 1.59 bits per heavy atom. The van der Waals surface area contributed by atoms with Gasteiger partial charge in [0.2, 0.25) is 0 Å². The van der Waals surface area contributed by atoms with Crippen molar-refractivity contribution >= 4 is 5.91 Å². The van der Waals surface area contributed by atoms with Crippen molar-refractivity contribution in [2.45, 2.75) is 32.5 Å². The molecule has 160 valence electrons. The average Bonchev–Trinajstić information content (AvgIpc) is 3.38. The number of H-pyrrole nitrogens is 1. The highest BCUT2D eigenvalue weighted by Crippen LogP contribution is 2.43. The van der Waals surface area contributed by atoms with Crippen molar-refractivity contribution in [3.8, 4) is 17.0 Å². The van der Waals surface area contributed by atoms with Crippen LogP contribution in [0.15, 0.2) is 84.9 Å². The van der Waals surface area contributed by atoms with Gasteiger partial charge in [-0.15, -0.1) is 0 Å². The van der Waals surface area contributed by atoms with Gasteiger partial charge in [0, 0.05) is 17.2 Å². The molecule has 1 atom stereocenters. The van der Waals surface area contributed by atoms with E-state index in [0.29, 0.717) is 12.3 Å². The molecule has 0 aliphatic carbocycles. The van der Waals surface area contributed by atoms with Crippen LogP contribution in [0.1, 0.15) is 47.1 Å². The monoisotopic (exact) mass is 423 g/mol. The number of fused-ring (bicyclic) bond motifs is 1. The Morgan fingerprint density at radius 1 is 0.938 bits per heavy atom. The van der Waals surface area contributed by atoms with Crippen molar-refractivity contribution in [2.24, 2.45) is 0 Å². The summed E-state index contributed by atoms with van der Waals surface area (Å²) >= 11 is 0. The fraction of sp³-hybridized carbons (Fsp3) is 0.185. The van der Waals surface area contributed by atoms with Crippen LogP contribution in [0.3, 0.4) is 0 Å². The van der Waals surface area contributed by atoms with Crippen LogP contribution in [0.2, 0.25) is 0 Å². The van der Waals surface area contributed by atoms with Crippen molar-refractivity contribution in [3.63, 3.8) is 0 Å². The van der Waals surface area contributed by atoms with Crippen LogP contribution in [-0.2, 0) is 6.61 Å². The fourth-order valence-electron chi connectivity index (χ4n) is 4.33. The molecule has 0 saturated heterocycles. The Hall–Kier alpha value is -3.86. The lowest BCUT2D eigenvalue weighted by Crippen LogP contribution is -2.35. The molecule has 0 spiro atoms. The first-order valence-electron chi connectivity index (χ1n) is 10.9. The normalized spacial score (nSPS) is 15.3. The molecule has 5 nitrogen and oxygen atoms in total. The molecule has 1 N–H and O–H groups in total. The number of hydrogen-bond acceptors (Lipinski definition) is 3. The molecule has 1 unspecified atom stereocenters. The van der Waals surface area contributed by atoms with Crippen molar-refractivity contribution in [1.82, 2.24) is 15.1 Å². The van der Waals surface area contributed by atoms with Crippen LogP contribution in [0, 0.1) is 0 Å². The van der Waals surface area contributed by atoms with Crippen molar-refractivity contribution < 1.29 is 9.53 Å². The molecule has 5 rings (SSSR count). The molecule has 3 aromatic carbocycles. The Bertz CT molecular complexity index is 1220. The number of benzene rings is 3. The van der Waals surface area contributed by atoms with Crippen LogP contribution < -0.4 is 4.74 Å². The van der Waals surface area contributed by atoms with Gasteiger partial charge in [-0.05, 0) is 37.1 Å². The maximum absolute atomic E-state index is 13.2. The number of ether oxygens (including phenoxy) is 1. The fourth-order valence-corrected chi connectivity index (χ4v) is 4.33. The number of nitrogens with zero attached hydrogens (tertiary/aromatic N) is 2. The van der Waals surface area contributed by atoms with E-state index in [1.165, 1.54) is 0 Å². The number of rotatable bonds is 6. The molecule has 32 heavy (non-hydrogen) atoms. The molecule has 1 aromatic heterocycles. The van der Waals surface area contributed by atoms with E-state index in [-0.39, 0.29) is 18.0 Å². The maximum atomic E-state index is 13.2. The van der Waals surface area contributed by atoms with Gasteiger partial charge >= 0.3 is 0 Å². The summed E-state index contributed by atoms with van der Waals surface area (Å²) in [5.74, 6) is 0.785. The lowest BCUT2D eigenvalue weighted by atomic mass is 9.95. The molecule has 1 amide bonds. The van der Waals surface area contributed by atoms with Gasteiger partial charge < -0.3 is 9.64 Å². The summed E-state index contributed by atoms with van der Waals surface area (Å²) in [4.78, 5) is 15.1. The molecule has 5 heteroatoms. The number of hydrogen-bond donors (Lipinski definition) is 1. The summed E-state index contributed by atoms with van der Waals surface area (Å²) in [6, 6.07) is 28.0. The summed E-state index contributed by atoms with van der Waals surface area (Å²) in [6.07, 6.45) is 0. The Balaban J connectivity index is 1.48. The predicted octanol–water partition coefficient (Wildman–Crippen LogP) is 5.61. The smallest absolute Gasteiger partial charge is 0.273 e. The quantitative estimate of drug-likeness (QED) is 0.439. The highest BCUT2D eigenvalue weighted by atomic mass is 16.5. The standard InChI is InChI=1S/C27H25N3O2/c1-18(2)30-26(21-13-15-22(16-14-21)32-17-19-9-5-3-6-10-19)23-24(20-11-7-4-8-12-20)28-29-25(23)27(30)31/h3-16,18,26H,17H2,1-2H3,(H,28,29). The highest BCUT2D eigenvalue weighted by Gasteiger charge is 2.43. The number of carbonyl (C=O) groups excluding carboxylic acids is 1. The largest absolute Gasteiger partial charge is 0.489 e. The third-order valence-electron chi connectivity index (χ3n) is 5.85. The second-order valence-corrected chi connectivity index (χ2v) is 8.28. The molecule has 4 aromatic rings. The van der Waals surface area contributed by atoms with E-state index in [1.54, 1.807) is 0 Å². The number of carbonyl (C=O) groups is 1. The van der Waals surface area contributed by atoms with Gasteiger partial charge in [-0.2, -0.15) is 5.10 Å².